The molecule has 9 heteroatoms. The first-order valence-corrected chi connectivity index (χ1v) is 15.6. The van der Waals surface area contributed by atoms with Gasteiger partial charge in [-0.05, 0) is 80.9 Å². The maximum atomic E-state index is 5.65. The van der Waals surface area contributed by atoms with Gasteiger partial charge < -0.3 is 15.4 Å². The van der Waals surface area contributed by atoms with Gasteiger partial charge in [-0.15, -0.1) is 15.3 Å². The molecule has 0 atom stereocenters. The second-order valence-electron chi connectivity index (χ2n) is 10.8. The Labute approximate surface area is 274 Å². The molecule has 0 aliphatic rings. The fourth-order valence-electron chi connectivity index (χ4n) is 5.36. The Bertz CT molecular complexity index is 2120. The van der Waals surface area contributed by atoms with Crippen molar-refractivity contribution in [3.05, 3.63) is 115 Å². The molecule has 0 saturated heterocycles. The van der Waals surface area contributed by atoms with Gasteiger partial charge in [0.2, 0.25) is 0 Å². The van der Waals surface area contributed by atoms with Gasteiger partial charge in [0, 0.05) is 52.1 Å². The molecule has 47 heavy (non-hydrogen) atoms. The molecule has 0 radical (unpaired) electrons. The fourth-order valence-corrected chi connectivity index (χ4v) is 5.36. The third-order valence-electron chi connectivity index (χ3n) is 7.70. The highest BCUT2D eigenvalue weighted by Crippen LogP contribution is 2.38. The average Bonchev–Trinajstić information content (AvgIpc) is 3.11. The molecule has 0 aliphatic heterocycles. The van der Waals surface area contributed by atoms with E-state index in [1.165, 1.54) is 0 Å². The lowest BCUT2D eigenvalue weighted by Crippen LogP contribution is -1.96. The Kier molecular flexibility index (Phi) is 9.53. The highest BCUT2D eigenvalue weighted by Gasteiger charge is 2.10. The van der Waals surface area contributed by atoms with Crippen LogP contribution >= 0.6 is 0 Å². The van der Waals surface area contributed by atoms with Gasteiger partial charge in [-0.1, -0.05) is 48.5 Å². The first kappa shape index (κ1) is 31.0. The molecule has 0 fully saturated rings. The smallest absolute Gasteiger partial charge is 0.148 e. The van der Waals surface area contributed by atoms with Crippen LogP contribution in [0, 0.1) is 6.92 Å². The SMILES string of the molecule is CCNc1ccc(/N=N/c2ccc(/N=N/c3cc(OC)c(/N=N/c4ccc(NCC)c5ccccc45)cc3C)cc2)c2ccccc12. The van der Waals surface area contributed by atoms with Gasteiger partial charge in [-0.25, -0.2) is 0 Å². The van der Waals surface area contributed by atoms with Gasteiger partial charge in [-0.3, -0.25) is 0 Å². The Morgan fingerprint density at radius 3 is 1.43 bits per heavy atom. The van der Waals surface area contributed by atoms with Gasteiger partial charge in [-0.2, -0.15) is 15.3 Å². The van der Waals surface area contributed by atoms with Crippen LogP contribution in [0.2, 0.25) is 0 Å². The third kappa shape index (κ3) is 6.99. The summed E-state index contributed by atoms with van der Waals surface area (Å²) in [5.41, 5.74) is 7.36. The third-order valence-corrected chi connectivity index (χ3v) is 7.70. The van der Waals surface area contributed by atoms with E-state index in [1.54, 1.807) is 7.11 Å². The quantitative estimate of drug-likeness (QED) is 0.141. The molecule has 0 aliphatic carbocycles. The van der Waals surface area contributed by atoms with E-state index >= 15 is 0 Å². The summed E-state index contributed by atoms with van der Waals surface area (Å²) in [6.07, 6.45) is 0. The van der Waals surface area contributed by atoms with Crippen molar-refractivity contribution in [1.82, 2.24) is 0 Å². The molecule has 0 bridgehead atoms. The average molecular weight is 621 g/mol. The molecule has 0 spiro atoms. The van der Waals surface area contributed by atoms with E-state index in [9.17, 15) is 0 Å². The van der Waals surface area contributed by atoms with Crippen LogP contribution in [-0.2, 0) is 0 Å². The largest absolute Gasteiger partial charge is 0.494 e. The summed E-state index contributed by atoms with van der Waals surface area (Å²) >= 11 is 0. The number of hydrogen-bond donors (Lipinski definition) is 2. The summed E-state index contributed by atoms with van der Waals surface area (Å²) in [7, 11) is 1.61. The summed E-state index contributed by atoms with van der Waals surface area (Å²) in [5.74, 6) is 0.559. The minimum Gasteiger partial charge on any atom is -0.494 e. The zero-order valence-electron chi connectivity index (χ0n) is 26.9. The second kappa shape index (κ2) is 14.4. The van der Waals surface area contributed by atoms with Crippen molar-refractivity contribution in [1.29, 1.82) is 0 Å². The number of fused-ring (bicyclic) bond motifs is 2. The van der Waals surface area contributed by atoms with Gasteiger partial charge in [0.05, 0.1) is 35.5 Å². The number of hydrogen-bond acceptors (Lipinski definition) is 9. The molecule has 0 heterocycles. The van der Waals surface area contributed by atoms with Crippen molar-refractivity contribution < 1.29 is 4.74 Å². The van der Waals surface area contributed by atoms with Crippen LogP contribution < -0.4 is 15.4 Å². The molecule has 0 aromatic heterocycles. The Morgan fingerprint density at radius 1 is 0.489 bits per heavy atom. The highest BCUT2D eigenvalue weighted by atomic mass is 16.5. The number of nitrogens with one attached hydrogen (secondary N) is 2. The summed E-state index contributed by atoms with van der Waals surface area (Å²) in [6, 6.07) is 35.6. The number of anilines is 2. The van der Waals surface area contributed by atoms with Crippen LogP contribution in [0.15, 0.2) is 140 Å². The maximum absolute atomic E-state index is 5.65. The minimum absolute atomic E-state index is 0.559. The molecular formula is C38H36N8O. The standard InChI is InChI=1S/C38H36N8O/c1-5-39-32-19-21-34(30-13-9-7-11-28(30)32)43-41-26-15-17-27(18-16-26)42-45-36-24-38(47-4)37(23-25(36)3)46-44-35-22-20-33(40-6-2)29-12-8-10-14-31(29)35/h7-24,39-40H,5-6H2,1-4H3/b43-41+,45-42+,46-44+. The number of ether oxygens (including phenoxy) is 1. The predicted molar refractivity (Wildman–Crippen MR) is 193 cm³/mol. The molecule has 234 valence electrons. The molecule has 6 rings (SSSR count). The van der Waals surface area contributed by atoms with Crippen LogP contribution in [0.1, 0.15) is 19.4 Å². The summed E-state index contributed by atoms with van der Waals surface area (Å²) < 4.78 is 5.65. The van der Waals surface area contributed by atoms with Gasteiger partial charge in [0.1, 0.15) is 11.4 Å². The Hall–Kier alpha value is -5.96. The Morgan fingerprint density at radius 2 is 0.936 bits per heavy atom. The lowest BCUT2D eigenvalue weighted by atomic mass is 10.1. The normalized spacial score (nSPS) is 11.7. The number of methoxy groups -OCH3 is 1. The maximum Gasteiger partial charge on any atom is 0.148 e. The molecule has 0 unspecified atom stereocenters. The topological polar surface area (TPSA) is 107 Å². The molecule has 0 amide bonds. The number of benzene rings is 6. The van der Waals surface area contributed by atoms with Crippen molar-refractivity contribution >= 4 is 67.0 Å². The second-order valence-corrected chi connectivity index (χ2v) is 10.8. The van der Waals surface area contributed by atoms with E-state index in [-0.39, 0.29) is 0 Å². The van der Waals surface area contributed by atoms with Crippen molar-refractivity contribution in [2.45, 2.75) is 20.8 Å². The van der Waals surface area contributed by atoms with Crippen LogP contribution in [0.5, 0.6) is 5.75 Å². The van der Waals surface area contributed by atoms with Crippen LogP contribution in [0.3, 0.4) is 0 Å². The van der Waals surface area contributed by atoms with E-state index < -0.39 is 0 Å². The van der Waals surface area contributed by atoms with Gasteiger partial charge >= 0.3 is 0 Å². The summed E-state index contributed by atoms with van der Waals surface area (Å²) in [4.78, 5) is 0. The highest BCUT2D eigenvalue weighted by molar-refractivity contribution is 6.01. The molecule has 6 aromatic rings. The summed E-state index contributed by atoms with van der Waals surface area (Å²) in [5, 5.41) is 38.2. The van der Waals surface area contributed by atoms with Crippen LogP contribution in [-0.4, -0.2) is 20.2 Å². The van der Waals surface area contributed by atoms with E-state index in [0.29, 0.717) is 22.8 Å². The zero-order chi connectivity index (χ0) is 32.6. The monoisotopic (exact) mass is 620 g/mol. The number of azo groups is 3. The van der Waals surface area contributed by atoms with E-state index in [0.717, 1.165) is 68.6 Å². The van der Waals surface area contributed by atoms with Gasteiger partial charge in [0.15, 0.2) is 0 Å². The van der Waals surface area contributed by atoms with E-state index in [1.807, 2.05) is 91.9 Å². The first-order valence-electron chi connectivity index (χ1n) is 15.6. The number of nitrogens with zero attached hydrogens (tertiary/aromatic N) is 6. The minimum atomic E-state index is 0.559. The lowest BCUT2D eigenvalue weighted by Gasteiger charge is -2.10. The first-order chi connectivity index (χ1) is 23.1. The van der Waals surface area contributed by atoms with E-state index in [4.69, 9.17) is 4.74 Å². The Balaban J connectivity index is 1.18. The van der Waals surface area contributed by atoms with Crippen molar-refractivity contribution in [3.63, 3.8) is 0 Å². The number of aryl methyl sites for hydroxylation is 1. The van der Waals surface area contributed by atoms with Gasteiger partial charge in [0.25, 0.3) is 0 Å². The fraction of sp³-hybridized carbons (Fsp3) is 0.158. The van der Waals surface area contributed by atoms with Crippen LogP contribution in [0.25, 0.3) is 21.5 Å². The molecule has 0 saturated carbocycles. The summed E-state index contributed by atoms with van der Waals surface area (Å²) in [6.45, 7) is 7.82. The molecular weight excluding hydrogens is 584 g/mol. The van der Waals surface area contributed by atoms with Crippen molar-refractivity contribution in [2.24, 2.45) is 30.7 Å². The number of rotatable bonds is 11. The van der Waals surface area contributed by atoms with Crippen molar-refractivity contribution in [2.75, 3.05) is 30.8 Å². The van der Waals surface area contributed by atoms with Crippen LogP contribution in [0.4, 0.5) is 45.5 Å². The molecule has 2 N–H and O–H groups in total. The van der Waals surface area contributed by atoms with Crippen molar-refractivity contribution in [3.8, 4) is 5.75 Å². The van der Waals surface area contributed by atoms with E-state index in [2.05, 4.69) is 79.4 Å². The lowest BCUT2D eigenvalue weighted by molar-refractivity contribution is 0.416. The molecule has 9 nitrogen and oxygen atoms in total. The molecule has 6 aromatic carbocycles. The predicted octanol–water partition coefficient (Wildman–Crippen LogP) is 12.4. The zero-order valence-corrected chi connectivity index (χ0v) is 26.9.